The van der Waals surface area contributed by atoms with Crippen molar-refractivity contribution in [3.8, 4) is 0 Å². The number of primary amides is 1. The van der Waals surface area contributed by atoms with Crippen molar-refractivity contribution in [1.29, 1.82) is 0 Å². The number of hydrogen-bond acceptors (Lipinski definition) is 1. The molecule has 2 aromatic carbocycles. The molecule has 0 saturated heterocycles. The monoisotopic (exact) mass is 238 g/mol. The van der Waals surface area contributed by atoms with Crippen LogP contribution in [0.15, 0.2) is 61.2 Å². The second kappa shape index (κ2) is 5.19. The summed E-state index contributed by atoms with van der Waals surface area (Å²) in [5, 5.41) is 0. The van der Waals surface area contributed by atoms with E-state index >= 15 is 0 Å². The predicted molar refractivity (Wildman–Crippen MR) is 74.7 cm³/mol. The second-order valence-corrected chi connectivity index (χ2v) is 3.80. The first-order valence-corrected chi connectivity index (χ1v) is 5.59. The van der Waals surface area contributed by atoms with Crippen LogP contribution < -0.4 is 10.6 Å². The van der Waals surface area contributed by atoms with E-state index in [1.165, 1.54) is 4.90 Å². The largest absolute Gasteiger partial charge is 0.351 e. The molecule has 3 heteroatoms. The molecular formula is C15H14N2O. The van der Waals surface area contributed by atoms with Gasteiger partial charge in [-0.3, -0.25) is 4.90 Å². The van der Waals surface area contributed by atoms with Crippen molar-refractivity contribution >= 4 is 23.5 Å². The minimum absolute atomic E-state index is 0.507. The maximum absolute atomic E-state index is 11.6. The van der Waals surface area contributed by atoms with Gasteiger partial charge in [-0.15, -0.1) is 0 Å². The smallest absolute Gasteiger partial charge is 0.323 e. The molecule has 0 aromatic heterocycles. The molecule has 0 aliphatic carbocycles. The summed E-state index contributed by atoms with van der Waals surface area (Å²) >= 11 is 0. The van der Waals surface area contributed by atoms with E-state index in [0.717, 1.165) is 16.9 Å². The van der Waals surface area contributed by atoms with Gasteiger partial charge in [0, 0.05) is 0 Å². The van der Waals surface area contributed by atoms with Crippen molar-refractivity contribution in [3.63, 3.8) is 0 Å². The zero-order valence-electron chi connectivity index (χ0n) is 9.91. The summed E-state index contributed by atoms with van der Waals surface area (Å²) in [6.45, 7) is 3.69. The van der Waals surface area contributed by atoms with Gasteiger partial charge in [0.1, 0.15) is 0 Å². The lowest BCUT2D eigenvalue weighted by Gasteiger charge is -2.20. The fourth-order valence-electron chi connectivity index (χ4n) is 1.74. The zero-order valence-corrected chi connectivity index (χ0v) is 9.91. The van der Waals surface area contributed by atoms with Gasteiger partial charge in [0.25, 0.3) is 0 Å². The van der Waals surface area contributed by atoms with Crippen LogP contribution in [-0.2, 0) is 0 Å². The van der Waals surface area contributed by atoms with Crippen LogP contribution in [0.25, 0.3) is 6.08 Å². The van der Waals surface area contributed by atoms with Gasteiger partial charge in [-0.25, -0.2) is 4.79 Å². The first kappa shape index (κ1) is 11.9. The molecule has 2 aromatic rings. The van der Waals surface area contributed by atoms with Gasteiger partial charge in [-0.05, 0) is 29.8 Å². The van der Waals surface area contributed by atoms with Crippen molar-refractivity contribution in [2.45, 2.75) is 0 Å². The Hall–Kier alpha value is -2.55. The van der Waals surface area contributed by atoms with E-state index in [1.807, 2.05) is 54.6 Å². The summed E-state index contributed by atoms with van der Waals surface area (Å²) in [4.78, 5) is 13.0. The molecule has 18 heavy (non-hydrogen) atoms. The number of nitrogens with zero attached hydrogens (tertiary/aromatic N) is 1. The maximum Gasteiger partial charge on any atom is 0.323 e. The van der Waals surface area contributed by atoms with Crippen LogP contribution in [0, 0.1) is 0 Å². The van der Waals surface area contributed by atoms with Gasteiger partial charge in [0.05, 0.1) is 11.4 Å². The van der Waals surface area contributed by atoms with Crippen molar-refractivity contribution in [1.82, 2.24) is 0 Å². The summed E-state index contributed by atoms with van der Waals surface area (Å²) in [6.07, 6.45) is 1.75. The lowest BCUT2D eigenvalue weighted by Crippen LogP contribution is -2.31. The number of amides is 2. The second-order valence-electron chi connectivity index (χ2n) is 3.80. The lowest BCUT2D eigenvalue weighted by atomic mass is 10.2. The SMILES string of the molecule is C=Cc1ccc(N(C(N)=O)c2ccccc2)cc1. The van der Waals surface area contributed by atoms with Crippen LogP contribution in [0.5, 0.6) is 0 Å². The molecule has 0 radical (unpaired) electrons. The number of nitrogens with two attached hydrogens (primary N) is 1. The Morgan fingerprint density at radius 1 is 1.00 bits per heavy atom. The van der Waals surface area contributed by atoms with Gasteiger partial charge < -0.3 is 5.73 Å². The quantitative estimate of drug-likeness (QED) is 0.873. The molecule has 0 saturated carbocycles. The molecular weight excluding hydrogens is 224 g/mol. The average molecular weight is 238 g/mol. The summed E-state index contributed by atoms with van der Waals surface area (Å²) in [6, 6.07) is 16.3. The third-order valence-corrected chi connectivity index (χ3v) is 2.62. The zero-order chi connectivity index (χ0) is 13.0. The minimum atomic E-state index is -0.507. The third kappa shape index (κ3) is 2.40. The lowest BCUT2D eigenvalue weighted by molar-refractivity contribution is 0.256. The first-order valence-electron chi connectivity index (χ1n) is 5.59. The number of anilines is 2. The highest BCUT2D eigenvalue weighted by Gasteiger charge is 2.13. The Labute approximate surface area is 106 Å². The minimum Gasteiger partial charge on any atom is -0.351 e. The van der Waals surface area contributed by atoms with Gasteiger partial charge >= 0.3 is 6.03 Å². The third-order valence-electron chi connectivity index (χ3n) is 2.62. The molecule has 0 unspecified atom stereocenters. The normalized spacial score (nSPS) is 9.78. The summed E-state index contributed by atoms with van der Waals surface area (Å²) in [5.74, 6) is 0. The van der Waals surface area contributed by atoms with Crippen LogP contribution in [0.4, 0.5) is 16.2 Å². The van der Waals surface area contributed by atoms with Gasteiger partial charge in [-0.2, -0.15) is 0 Å². The Kier molecular flexibility index (Phi) is 3.44. The molecule has 0 bridgehead atoms. The van der Waals surface area contributed by atoms with E-state index in [0.29, 0.717) is 0 Å². The number of carbonyl (C=O) groups excluding carboxylic acids is 1. The van der Waals surface area contributed by atoms with E-state index in [-0.39, 0.29) is 0 Å². The highest BCUT2D eigenvalue weighted by molar-refractivity contribution is 5.98. The van der Waals surface area contributed by atoms with Crippen molar-refractivity contribution in [2.75, 3.05) is 4.90 Å². The van der Waals surface area contributed by atoms with E-state index in [9.17, 15) is 4.79 Å². The first-order chi connectivity index (χ1) is 8.72. The predicted octanol–water partition coefficient (Wildman–Crippen LogP) is 3.55. The van der Waals surface area contributed by atoms with Crippen molar-refractivity contribution in [2.24, 2.45) is 5.73 Å². The van der Waals surface area contributed by atoms with Crippen LogP contribution in [0.2, 0.25) is 0 Å². The highest BCUT2D eigenvalue weighted by atomic mass is 16.2. The Morgan fingerprint density at radius 3 is 2.06 bits per heavy atom. The fraction of sp³-hybridized carbons (Fsp3) is 0. The maximum atomic E-state index is 11.6. The number of urea groups is 1. The highest BCUT2D eigenvalue weighted by Crippen LogP contribution is 2.25. The van der Waals surface area contributed by atoms with E-state index in [1.54, 1.807) is 6.08 Å². The van der Waals surface area contributed by atoms with E-state index in [2.05, 4.69) is 6.58 Å². The topological polar surface area (TPSA) is 46.3 Å². The van der Waals surface area contributed by atoms with Gasteiger partial charge in [-0.1, -0.05) is 43.0 Å². The van der Waals surface area contributed by atoms with Gasteiger partial charge in [0.15, 0.2) is 0 Å². The number of rotatable bonds is 3. The summed E-state index contributed by atoms with van der Waals surface area (Å²) in [7, 11) is 0. The molecule has 0 fully saturated rings. The van der Waals surface area contributed by atoms with E-state index < -0.39 is 6.03 Å². The summed E-state index contributed by atoms with van der Waals surface area (Å²) < 4.78 is 0. The Morgan fingerprint density at radius 2 is 1.56 bits per heavy atom. The molecule has 2 amide bonds. The standard InChI is InChI=1S/C15H14N2O/c1-2-12-8-10-14(11-9-12)17(15(16)18)13-6-4-3-5-7-13/h2-11H,1H2,(H2,16,18). The van der Waals surface area contributed by atoms with Gasteiger partial charge in [0.2, 0.25) is 0 Å². The molecule has 3 nitrogen and oxygen atoms in total. The number of benzene rings is 2. The molecule has 0 heterocycles. The Balaban J connectivity index is 2.42. The summed E-state index contributed by atoms with van der Waals surface area (Å²) in [5.41, 5.74) is 7.92. The molecule has 0 spiro atoms. The number of hydrogen-bond donors (Lipinski definition) is 1. The number of para-hydroxylation sites is 1. The van der Waals surface area contributed by atoms with Crippen molar-refractivity contribution < 1.29 is 4.79 Å². The van der Waals surface area contributed by atoms with Crippen LogP contribution in [0.3, 0.4) is 0 Å². The molecule has 0 aliphatic heterocycles. The number of carbonyl (C=O) groups is 1. The molecule has 2 rings (SSSR count). The average Bonchev–Trinajstić information content (AvgIpc) is 2.40. The van der Waals surface area contributed by atoms with E-state index in [4.69, 9.17) is 5.73 Å². The molecule has 90 valence electrons. The molecule has 0 aliphatic rings. The Bertz CT molecular complexity index is 546. The van der Waals surface area contributed by atoms with Crippen LogP contribution in [0.1, 0.15) is 5.56 Å². The van der Waals surface area contributed by atoms with Crippen LogP contribution in [-0.4, -0.2) is 6.03 Å². The molecule has 2 N–H and O–H groups in total. The van der Waals surface area contributed by atoms with Crippen LogP contribution >= 0.6 is 0 Å². The fourth-order valence-corrected chi connectivity index (χ4v) is 1.74. The van der Waals surface area contributed by atoms with Crippen molar-refractivity contribution in [3.05, 3.63) is 66.7 Å². The molecule has 0 atom stereocenters.